The van der Waals surface area contributed by atoms with Crippen molar-refractivity contribution in [3.8, 4) is 11.1 Å². The molecule has 2 aliphatic rings. The number of nitrogens with zero attached hydrogens (tertiary/aromatic N) is 3. The van der Waals surface area contributed by atoms with Crippen LogP contribution in [0.25, 0.3) is 22.2 Å². The lowest BCUT2D eigenvalue weighted by Gasteiger charge is -2.27. The van der Waals surface area contributed by atoms with Crippen LogP contribution in [0.1, 0.15) is 23.5 Å². The number of anilines is 1. The number of carbonyl (C=O) groups is 1. The number of hydrogen-bond donors (Lipinski definition) is 7. The third kappa shape index (κ3) is 5.43. The molecule has 4 heterocycles. The van der Waals surface area contributed by atoms with Crippen LogP contribution in [-0.2, 0) is 31.6 Å². The second kappa shape index (κ2) is 9.86. The van der Waals surface area contributed by atoms with Crippen molar-refractivity contribution in [2.75, 3.05) is 11.9 Å². The van der Waals surface area contributed by atoms with Crippen molar-refractivity contribution in [1.82, 2.24) is 14.5 Å². The van der Waals surface area contributed by atoms with E-state index in [0.29, 0.717) is 22.1 Å². The molecule has 5 rings (SSSR count). The Morgan fingerprint density at radius 1 is 1.05 bits per heavy atom. The van der Waals surface area contributed by atoms with Crippen molar-refractivity contribution in [2.45, 2.75) is 31.0 Å². The Bertz CT molecular complexity index is 1650. The molecule has 2 aliphatic heterocycles. The van der Waals surface area contributed by atoms with Gasteiger partial charge in [-0.25, -0.2) is 23.7 Å². The lowest BCUT2D eigenvalue weighted by molar-refractivity contribution is -0.0946. The highest BCUT2D eigenvalue weighted by Gasteiger charge is 2.54. The largest absolute Gasteiger partial charge is 0.490 e. The Balaban J connectivity index is 1.44. The normalized spacial score (nSPS) is 27.5. The van der Waals surface area contributed by atoms with Gasteiger partial charge in [0.25, 0.3) is 5.91 Å². The van der Waals surface area contributed by atoms with E-state index in [-0.39, 0.29) is 11.5 Å². The molecular formula is C19H21N4O14P3. The van der Waals surface area contributed by atoms with Gasteiger partial charge in [-0.15, -0.1) is 0 Å². The minimum atomic E-state index is -5.76. The number of aliphatic hydroxyl groups is 2. The van der Waals surface area contributed by atoms with E-state index in [1.807, 2.05) is 0 Å². The van der Waals surface area contributed by atoms with E-state index in [4.69, 9.17) is 14.5 Å². The molecule has 1 saturated heterocycles. The van der Waals surface area contributed by atoms with Crippen LogP contribution >= 0.6 is 23.5 Å². The van der Waals surface area contributed by atoms with E-state index in [2.05, 4.69) is 28.4 Å². The summed E-state index contributed by atoms with van der Waals surface area (Å²) in [6.07, 6.45) is -2.00. The molecule has 3 aromatic rings. The average molecular weight is 622 g/mol. The molecule has 0 saturated carbocycles. The van der Waals surface area contributed by atoms with Crippen LogP contribution in [0.5, 0.6) is 0 Å². The second-order valence-electron chi connectivity index (χ2n) is 8.95. The first kappa shape index (κ1) is 29.1. The number of fused-ring (bicyclic) bond motifs is 2. The van der Waals surface area contributed by atoms with Gasteiger partial charge in [-0.2, -0.15) is 8.62 Å². The predicted molar refractivity (Wildman–Crippen MR) is 131 cm³/mol. The quantitative estimate of drug-likeness (QED) is 0.173. The number of phosphoric acid groups is 3. The fourth-order valence-corrected chi connectivity index (χ4v) is 7.53. The van der Waals surface area contributed by atoms with Gasteiger partial charge >= 0.3 is 23.5 Å². The van der Waals surface area contributed by atoms with Crippen LogP contribution in [0.4, 0.5) is 5.82 Å². The Morgan fingerprint density at radius 2 is 1.73 bits per heavy atom. The number of aromatic nitrogens is 3. The molecular weight excluding hydrogens is 601 g/mol. The van der Waals surface area contributed by atoms with Crippen molar-refractivity contribution in [2.24, 2.45) is 0 Å². The zero-order valence-electron chi connectivity index (χ0n) is 20.0. The van der Waals surface area contributed by atoms with Crippen molar-refractivity contribution < 1.29 is 66.2 Å². The molecule has 2 unspecified atom stereocenters. The summed E-state index contributed by atoms with van der Waals surface area (Å²) in [5.41, 5.74) is -0.508. The van der Waals surface area contributed by atoms with Gasteiger partial charge in [0, 0.05) is 17.3 Å². The first-order valence-corrected chi connectivity index (χ1v) is 15.6. The van der Waals surface area contributed by atoms with Crippen LogP contribution in [-0.4, -0.2) is 74.6 Å². The molecule has 0 radical (unpaired) electrons. The number of carbonyl (C=O) groups excluding carboxylic acids is 1. The average Bonchev–Trinajstić information content (AvgIpc) is 3.26. The lowest BCUT2D eigenvalue weighted by atomic mass is 9.96. The van der Waals surface area contributed by atoms with Gasteiger partial charge in [-0.3, -0.25) is 9.32 Å². The highest BCUT2D eigenvalue weighted by atomic mass is 31.3. The highest BCUT2D eigenvalue weighted by Crippen LogP contribution is 2.66. The number of amides is 1. The van der Waals surface area contributed by atoms with E-state index < -0.39 is 60.0 Å². The zero-order chi connectivity index (χ0) is 29.3. The highest BCUT2D eigenvalue weighted by molar-refractivity contribution is 7.66. The third-order valence-corrected chi connectivity index (χ3v) is 9.93. The van der Waals surface area contributed by atoms with Crippen LogP contribution in [0, 0.1) is 0 Å². The summed E-state index contributed by atoms with van der Waals surface area (Å²) >= 11 is 0. The van der Waals surface area contributed by atoms with E-state index in [1.54, 1.807) is 24.3 Å². The van der Waals surface area contributed by atoms with Crippen LogP contribution in [0.2, 0.25) is 0 Å². The van der Waals surface area contributed by atoms with Gasteiger partial charge in [0.2, 0.25) is 0 Å². The number of hydrogen-bond acceptors (Lipinski definition) is 12. The zero-order valence-corrected chi connectivity index (χ0v) is 22.7. The molecule has 2 aromatic heterocycles. The maximum absolute atomic E-state index is 12.7. The van der Waals surface area contributed by atoms with Crippen molar-refractivity contribution >= 4 is 46.2 Å². The van der Waals surface area contributed by atoms with E-state index in [1.165, 1.54) is 24.0 Å². The summed E-state index contributed by atoms with van der Waals surface area (Å²) in [6, 6.07) is 6.70. The van der Waals surface area contributed by atoms with Gasteiger partial charge in [-0.1, -0.05) is 18.2 Å². The van der Waals surface area contributed by atoms with Crippen LogP contribution < -0.4 is 5.32 Å². The molecule has 0 bridgehead atoms. The molecule has 18 nitrogen and oxygen atoms in total. The van der Waals surface area contributed by atoms with Crippen LogP contribution in [0.15, 0.2) is 36.8 Å². The lowest BCUT2D eigenvalue weighted by Crippen LogP contribution is -2.44. The maximum atomic E-state index is 12.7. The molecule has 216 valence electrons. The first-order valence-electron chi connectivity index (χ1n) is 11.1. The topological polar surface area (TPSA) is 269 Å². The summed E-state index contributed by atoms with van der Waals surface area (Å²) in [6.45, 7) is 0.213. The number of aliphatic hydroxyl groups excluding tert-OH is 1. The standard InChI is InChI=1S/C19H21N4O14P3/c1-19(26)14(24)12(7-34-39(30,31)37-40(32,33)36-38(27,28)29)35-18(19)23-6-11-9-4-2-3-5-10(9)17(25)22-15-13(11)16(23)21-8-20-15/h2-6,8,12,14,18,24,26H,7H2,1H3,(H,30,31)(H,32,33)(H2,27,28,29)(H,20,21,22,25)/t12-,14-,18-,19-/m1/s1. The van der Waals surface area contributed by atoms with Gasteiger partial charge in [0.15, 0.2) is 6.23 Å². The van der Waals surface area contributed by atoms with Crippen molar-refractivity contribution in [3.05, 3.63) is 42.4 Å². The molecule has 6 atom stereocenters. The Labute approximate surface area is 223 Å². The fraction of sp³-hybridized carbons (Fsp3) is 0.316. The molecule has 21 heteroatoms. The van der Waals surface area contributed by atoms with Crippen molar-refractivity contribution in [3.63, 3.8) is 0 Å². The fourth-order valence-electron chi connectivity index (χ4n) is 4.50. The Kier molecular flexibility index (Phi) is 7.17. The van der Waals surface area contributed by atoms with E-state index in [0.717, 1.165) is 0 Å². The summed E-state index contributed by atoms with van der Waals surface area (Å²) in [5, 5.41) is 25.1. The summed E-state index contributed by atoms with van der Waals surface area (Å²) < 4.78 is 53.5. The van der Waals surface area contributed by atoms with Gasteiger partial charge < -0.3 is 44.4 Å². The third-order valence-electron chi connectivity index (χ3n) is 6.13. The SMILES string of the molecule is C[C@@]1(O)[C@H](O)[C@@H](COP(=O)(O)OP(=O)(O)OP(=O)(O)O)O[C@H]1n1cc2c3c(ncnc31)NC(=O)c1ccccc1-2. The maximum Gasteiger partial charge on any atom is 0.490 e. The predicted octanol–water partition coefficient (Wildman–Crippen LogP) is 1.02. The summed E-state index contributed by atoms with van der Waals surface area (Å²) in [7, 11) is -16.9. The van der Waals surface area contributed by atoms with E-state index >= 15 is 0 Å². The molecule has 0 spiro atoms. The summed E-state index contributed by atoms with van der Waals surface area (Å²) in [4.78, 5) is 57.4. The second-order valence-corrected chi connectivity index (χ2v) is 13.4. The number of nitrogens with one attached hydrogen (secondary N) is 1. The van der Waals surface area contributed by atoms with Gasteiger partial charge in [0.1, 0.15) is 35.6 Å². The number of benzene rings is 1. The number of ether oxygens (including phenoxy) is 1. The van der Waals surface area contributed by atoms with Crippen molar-refractivity contribution in [1.29, 1.82) is 0 Å². The smallest absolute Gasteiger partial charge is 0.387 e. The summed E-state index contributed by atoms with van der Waals surface area (Å²) in [5.74, 6) is -0.216. The monoisotopic (exact) mass is 622 g/mol. The van der Waals surface area contributed by atoms with Gasteiger partial charge in [0.05, 0.1) is 12.0 Å². The molecule has 40 heavy (non-hydrogen) atoms. The molecule has 1 amide bonds. The minimum Gasteiger partial charge on any atom is -0.387 e. The molecule has 7 N–H and O–H groups in total. The van der Waals surface area contributed by atoms with E-state index in [9.17, 15) is 38.5 Å². The Hall–Kier alpha value is -2.40. The number of rotatable bonds is 8. The first-order chi connectivity index (χ1) is 18.5. The Morgan fingerprint density at radius 3 is 2.40 bits per heavy atom. The minimum absolute atomic E-state index is 0.183. The van der Waals surface area contributed by atoms with Gasteiger partial charge in [-0.05, 0) is 18.6 Å². The molecule has 0 aliphatic carbocycles. The molecule has 1 fully saturated rings. The molecule has 1 aromatic carbocycles. The number of phosphoric ester groups is 1. The van der Waals surface area contributed by atoms with Crippen LogP contribution in [0.3, 0.4) is 0 Å².